The quantitative estimate of drug-likeness (QED) is 0.893. The number of carbonyl (C=O) groups excluding carboxylic acids is 1. The van der Waals surface area contributed by atoms with Gasteiger partial charge in [0.05, 0.1) is 11.1 Å². The number of nitrogens with one attached hydrogen (secondary N) is 1. The fourth-order valence-corrected chi connectivity index (χ4v) is 3.06. The molecule has 1 saturated carbocycles. The lowest BCUT2D eigenvalue weighted by Crippen LogP contribution is -2.59. The van der Waals surface area contributed by atoms with E-state index in [4.69, 9.17) is 5.73 Å². The number of benzene rings is 1. The number of nitrogens with two attached hydrogens (primary N) is 1. The molecule has 20 heavy (non-hydrogen) atoms. The molecule has 1 aliphatic rings. The van der Waals surface area contributed by atoms with Gasteiger partial charge in [0, 0.05) is 6.54 Å². The summed E-state index contributed by atoms with van der Waals surface area (Å²) < 4.78 is 13.8. The van der Waals surface area contributed by atoms with Gasteiger partial charge in [-0.1, -0.05) is 31.4 Å². The summed E-state index contributed by atoms with van der Waals surface area (Å²) in [6.45, 7) is 4.35. The zero-order valence-electron chi connectivity index (χ0n) is 12.2. The van der Waals surface area contributed by atoms with E-state index in [1.807, 2.05) is 6.92 Å². The maximum Gasteiger partial charge on any atom is 0.254 e. The van der Waals surface area contributed by atoms with Crippen molar-refractivity contribution in [2.75, 3.05) is 6.54 Å². The minimum Gasteiger partial charge on any atom is -0.345 e. The predicted molar refractivity (Wildman–Crippen MR) is 78.0 cm³/mol. The molecule has 1 fully saturated rings. The number of aryl methyl sites for hydroxylation is 1. The standard InChI is InChI=1S/C16H23FN2O/c1-11-6-7-14(17)13(9-11)15(20)19-16(10-18)8-4-3-5-12(16)2/h6-7,9,12H,3-5,8,10,18H2,1-2H3,(H,19,20). The summed E-state index contributed by atoms with van der Waals surface area (Å²) >= 11 is 0. The van der Waals surface area contributed by atoms with Crippen molar-refractivity contribution in [1.82, 2.24) is 5.32 Å². The van der Waals surface area contributed by atoms with Gasteiger partial charge in [-0.2, -0.15) is 0 Å². The molecule has 0 saturated heterocycles. The maximum absolute atomic E-state index is 13.8. The molecule has 4 heteroatoms. The van der Waals surface area contributed by atoms with E-state index in [9.17, 15) is 9.18 Å². The van der Waals surface area contributed by atoms with Gasteiger partial charge in [-0.25, -0.2) is 4.39 Å². The molecule has 110 valence electrons. The Kier molecular flexibility index (Phi) is 4.43. The van der Waals surface area contributed by atoms with E-state index < -0.39 is 11.4 Å². The van der Waals surface area contributed by atoms with Gasteiger partial charge < -0.3 is 11.1 Å². The van der Waals surface area contributed by atoms with Crippen LogP contribution in [-0.2, 0) is 0 Å². The Morgan fingerprint density at radius 2 is 2.25 bits per heavy atom. The molecular weight excluding hydrogens is 255 g/mol. The molecule has 0 heterocycles. The summed E-state index contributed by atoms with van der Waals surface area (Å²) in [4.78, 5) is 12.4. The van der Waals surface area contributed by atoms with Crippen LogP contribution in [0.4, 0.5) is 4.39 Å². The third-order valence-electron chi connectivity index (χ3n) is 4.55. The van der Waals surface area contributed by atoms with E-state index in [1.54, 1.807) is 12.1 Å². The second-order valence-electron chi connectivity index (χ2n) is 5.94. The largest absolute Gasteiger partial charge is 0.345 e. The van der Waals surface area contributed by atoms with Crippen LogP contribution in [0.5, 0.6) is 0 Å². The SMILES string of the molecule is Cc1ccc(F)c(C(=O)NC2(CN)CCCCC2C)c1. The number of rotatable bonds is 3. The zero-order chi connectivity index (χ0) is 14.8. The van der Waals surface area contributed by atoms with Crippen LogP contribution in [0, 0.1) is 18.7 Å². The topological polar surface area (TPSA) is 55.1 Å². The number of carbonyl (C=O) groups is 1. The molecular formula is C16H23FN2O. The van der Waals surface area contributed by atoms with E-state index >= 15 is 0 Å². The first kappa shape index (κ1) is 15.0. The Bertz CT molecular complexity index is 503. The molecule has 0 spiro atoms. The highest BCUT2D eigenvalue weighted by Gasteiger charge is 2.38. The van der Waals surface area contributed by atoms with Crippen molar-refractivity contribution in [1.29, 1.82) is 0 Å². The third kappa shape index (κ3) is 2.85. The lowest BCUT2D eigenvalue weighted by Gasteiger charge is -2.42. The van der Waals surface area contributed by atoms with E-state index in [0.717, 1.165) is 31.2 Å². The van der Waals surface area contributed by atoms with Gasteiger partial charge in [0.2, 0.25) is 0 Å². The van der Waals surface area contributed by atoms with Gasteiger partial charge in [0.25, 0.3) is 5.91 Å². The predicted octanol–water partition coefficient (Wildman–Crippen LogP) is 2.77. The number of halogens is 1. The van der Waals surface area contributed by atoms with E-state index in [1.165, 1.54) is 6.07 Å². The minimum atomic E-state index is -0.483. The molecule has 3 N–H and O–H groups in total. The Morgan fingerprint density at radius 3 is 2.90 bits per heavy atom. The van der Waals surface area contributed by atoms with Crippen LogP contribution < -0.4 is 11.1 Å². The van der Waals surface area contributed by atoms with E-state index in [2.05, 4.69) is 12.2 Å². The first-order valence-corrected chi connectivity index (χ1v) is 7.27. The average molecular weight is 278 g/mol. The lowest BCUT2D eigenvalue weighted by atomic mass is 9.73. The summed E-state index contributed by atoms with van der Waals surface area (Å²) in [6.07, 6.45) is 4.13. The van der Waals surface area contributed by atoms with Gasteiger partial charge in [-0.15, -0.1) is 0 Å². The molecule has 3 nitrogen and oxygen atoms in total. The molecule has 2 atom stereocenters. The molecule has 1 aliphatic carbocycles. The van der Waals surface area contributed by atoms with Crippen LogP contribution in [0.2, 0.25) is 0 Å². The Hall–Kier alpha value is -1.42. The van der Waals surface area contributed by atoms with Crippen molar-refractivity contribution in [3.8, 4) is 0 Å². The second-order valence-corrected chi connectivity index (χ2v) is 5.94. The van der Waals surface area contributed by atoms with Gasteiger partial charge >= 0.3 is 0 Å². The molecule has 1 amide bonds. The minimum absolute atomic E-state index is 0.107. The number of hydrogen-bond acceptors (Lipinski definition) is 2. The summed E-state index contributed by atoms with van der Waals surface area (Å²) in [6, 6.07) is 4.58. The normalized spacial score (nSPS) is 26.3. The van der Waals surface area contributed by atoms with E-state index in [-0.39, 0.29) is 11.5 Å². The summed E-state index contributed by atoms with van der Waals surface area (Å²) in [5, 5.41) is 3.01. The van der Waals surface area contributed by atoms with Crippen LogP contribution >= 0.6 is 0 Å². The Balaban J connectivity index is 2.23. The molecule has 2 rings (SSSR count). The Morgan fingerprint density at radius 1 is 1.50 bits per heavy atom. The molecule has 0 radical (unpaired) electrons. The molecule has 2 unspecified atom stereocenters. The first-order chi connectivity index (χ1) is 9.48. The fourth-order valence-electron chi connectivity index (χ4n) is 3.06. The van der Waals surface area contributed by atoms with Crippen LogP contribution in [0.25, 0.3) is 0 Å². The Labute approximate surface area is 119 Å². The number of amides is 1. The van der Waals surface area contributed by atoms with Crippen LogP contribution in [0.1, 0.15) is 48.5 Å². The van der Waals surface area contributed by atoms with Crippen molar-refractivity contribution in [2.24, 2.45) is 11.7 Å². The highest BCUT2D eigenvalue weighted by atomic mass is 19.1. The monoisotopic (exact) mass is 278 g/mol. The van der Waals surface area contributed by atoms with Crippen molar-refractivity contribution in [3.63, 3.8) is 0 Å². The zero-order valence-corrected chi connectivity index (χ0v) is 12.2. The number of hydrogen-bond donors (Lipinski definition) is 2. The van der Waals surface area contributed by atoms with Gasteiger partial charge in [0.15, 0.2) is 0 Å². The molecule has 0 aliphatic heterocycles. The first-order valence-electron chi connectivity index (χ1n) is 7.27. The second kappa shape index (κ2) is 5.92. The third-order valence-corrected chi connectivity index (χ3v) is 4.55. The maximum atomic E-state index is 13.8. The summed E-state index contributed by atoms with van der Waals surface area (Å²) in [5.74, 6) is -0.521. The van der Waals surface area contributed by atoms with Crippen LogP contribution in [-0.4, -0.2) is 18.0 Å². The summed E-state index contributed by atoms with van der Waals surface area (Å²) in [5.41, 5.74) is 6.49. The van der Waals surface area contributed by atoms with Crippen LogP contribution in [0.15, 0.2) is 18.2 Å². The lowest BCUT2D eigenvalue weighted by molar-refractivity contribution is 0.0808. The summed E-state index contributed by atoms with van der Waals surface area (Å²) in [7, 11) is 0. The smallest absolute Gasteiger partial charge is 0.254 e. The highest BCUT2D eigenvalue weighted by Crippen LogP contribution is 2.33. The van der Waals surface area contributed by atoms with Gasteiger partial charge in [-0.05, 0) is 37.8 Å². The van der Waals surface area contributed by atoms with E-state index in [0.29, 0.717) is 12.5 Å². The molecule has 1 aromatic carbocycles. The van der Waals surface area contributed by atoms with Crippen molar-refractivity contribution in [3.05, 3.63) is 35.1 Å². The van der Waals surface area contributed by atoms with Crippen LogP contribution in [0.3, 0.4) is 0 Å². The fraction of sp³-hybridized carbons (Fsp3) is 0.562. The highest BCUT2D eigenvalue weighted by molar-refractivity contribution is 5.95. The molecule has 1 aromatic rings. The molecule has 0 aromatic heterocycles. The van der Waals surface area contributed by atoms with Crippen molar-refractivity contribution < 1.29 is 9.18 Å². The van der Waals surface area contributed by atoms with Gasteiger partial charge in [0.1, 0.15) is 5.82 Å². The average Bonchev–Trinajstić information content (AvgIpc) is 2.44. The van der Waals surface area contributed by atoms with Crippen molar-refractivity contribution in [2.45, 2.75) is 45.1 Å². The van der Waals surface area contributed by atoms with Crippen molar-refractivity contribution >= 4 is 5.91 Å². The molecule has 0 bridgehead atoms. The van der Waals surface area contributed by atoms with Gasteiger partial charge in [-0.3, -0.25) is 4.79 Å².